The Hall–Kier alpha value is -2.53. The molecule has 1 aromatic heterocycles. The molecule has 0 spiro atoms. The number of fused-ring (bicyclic) bond motifs is 1. The summed E-state index contributed by atoms with van der Waals surface area (Å²) < 4.78 is 0. The second-order valence-electron chi connectivity index (χ2n) is 6.47. The van der Waals surface area contributed by atoms with Crippen LogP contribution < -0.4 is 16.4 Å². The van der Waals surface area contributed by atoms with Gasteiger partial charge in [0.2, 0.25) is 0 Å². The maximum absolute atomic E-state index is 11.6. The molecule has 27 heavy (non-hydrogen) atoms. The van der Waals surface area contributed by atoms with Crippen molar-refractivity contribution in [2.24, 2.45) is 5.92 Å². The van der Waals surface area contributed by atoms with Crippen LogP contribution in [0.2, 0.25) is 0 Å². The molecule has 1 fully saturated rings. The lowest BCUT2D eigenvalue weighted by Gasteiger charge is -2.27. The second kappa shape index (κ2) is 8.44. The summed E-state index contributed by atoms with van der Waals surface area (Å²) in [4.78, 5) is 49.6. The highest BCUT2D eigenvalue weighted by molar-refractivity contribution is 8.93. The summed E-state index contributed by atoms with van der Waals surface area (Å²) >= 11 is 0. The molecule has 1 aromatic carbocycles. The van der Waals surface area contributed by atoms with Gasteiger partial charge in [0.15, 0.2) is 0 Å². The lowest BCUT2D eigenvalue weighted by Crippen LogP contribution is -2.36. The molecule has 146 valence electrons. The molecule has 0 aliphatic heterocycles. The van der Waals surface area contributed by atoms with E-state index in [-0.39, 0.29) is 40.8 Å². The highest BCUT2D eigenvalue weighted by Crippen LogP contribution is 2.26. The minimum atomic E-state index is -0.881. The molecule has 11 heteroatoms. The van der Waals surface area contributed by atoms with Crippen LogP contribution in [0.1, 0.15) is 31.2 Å². The van der Waals surface area contributed by atoms with Crippen molar-refractivity contribution in [2.45, 2.75) is 38.3 Å². The van der Waals surface area contributed by atoms with Gasteiger partial charge in [-0.1, -0.05) is 6.42 Å². The van der Waals surface area contributed by atoms with E-state index in [4.69, 9.17) is 5.11 Å². The van der Waals surface area contributed by atoms with E-state index in [1.54, 1.807) is 0 Å². The summed E-state index contributed by atoms with van der Waals surface area (Å²) in [6.45, 7) is 0.206. The first-order chi connectivity index (χ1) is 12.3. The summed E-state index contributed by atoms with van der Waals surface area (Å²) in [5.41, 5.74) is -0.972. The number of carboxylic acids is 1. The molecule has 1 aliphatic carbocycles. The van der Waals surface area contributed by atoms with Crippen LogP contribution in [0.15, 0.2) is 21.7 Å². The standard InChI is InChI=1S/C16H18N4O6.BrH/c21-14-15(22)19-13-9(5-11(20(25)26)6-12(13)18-14)7-17-10-3-1-2-8(4-10)16(23)24;/h5-6,8,10,17H,1-4,7H2,(H,18,21)(H,19,22)(H,23,24);1H/t8-,10+;/m1./s1. The van der Waals surface area contributed by atoms with Crippen molar-refractivity contribution >= 4 is 39.7 Å². The third-order valence-electron chi connectivity index (χ3n) is 4.71. The van der Waals surface area contributed by atoms with Crippen molar-refractivity contribution in [1.29, 1.82) is 0 Å². The zero-order chi connectivity index (χ0) is 18.8. The molecular formula is C16H19BrN4O6. The van der Waals surface area contributed by atoms with Crippen LogP contribution in [0, 0.1) is 16.0 Å². The number of H-pyrrole nitrogens is 2. The predicted molar refractivity (Wildman–Crippen MR) is 102 cm³/mol. The third-order valence-corrected chi connectivity index (χ3v) is 4.71. The number of aromatic amines is 2. The number of rotatable bonds is 5. The number of nitro benzene ring substituents is 1. The molecule has 0 bridgehead atoms. The van der Waals surface area contributed by atoms with Crippen molar-refractivity contribution < 1.29 is 14.8 Å². The number of halogens is 1. The maximum Gasteiger partial charge on any atom is 0.314 e. The molecule has 0 amide bonds. The Morgan fingerprint density at radius 2 is 1.96 bits per heavy atom. The van der Waals surface area contributed by atoms with Gasteiger partial charge < -0.3 is 20.4 Å². The fraction of sp³-hybridized carbons (Fsp3) is 0.438. The zero-order valence-corrected chi connectivity index (χ0v) is 15.9. The Labute approximate surface area is 162 Å². The second-order valence-corrected chi connectivity index (χ2v) is 6.47. The lowest BCUT2D eigenvalue weighted by molar-refractivity contribution is -0.384. The number of aliphatic carboxylic acids is 1. The molecule has 1 saturated carbocycles. The number of nitro groups is 1. The van der Waals surface area contributed by atoms with Gasteiger partial charge in [0.25, 0.3) is 5.69 Å². The number of nitrogens with zero attached hydrogens (tertiary/aromatic N) is 1. The van der Waals surface area contributed by atoms with Gasteiger partial charge in [-0.05, 0) is 24.8 Å². The lowest BCUT2D eigenvalue weighted by atomic mass is 9.85. The maximum atomic E-state index is 11.6. The first-order valence-corrected chi connectivity index (χ1v) is 8.25. The van der Waals surface area contributed by atoms with E-state index < -0.39 is 27.9 Å². The predicted octanol–water partition coefficient (Wildman–Crippen LogP) is 1.44. The number of non-ortho nitro benzene ring substituents is 1. The summed E-state index contributed by atoms with van der Waals surface area (Å²) in [7, 11) is 0. The number of carboxylic acid groups (broad SMARTS) is 1. The van der Waals surface area contributed by atoms with E-state index in [2.05, 4.69) is 15.3 Å². The Morgan fingerprint density at radius 3 is 2.63 bits per heavy atom. The van der Waals surface area contributed by atoms with Gasteiger partial charge in [-0.2, -0.15) is 0 Å². The topological polar surface area (TPSA) is 158 Å². The molecule has 1 heterocycles. The molecule has 0 unspecified atom stereocenters. The number of hydrogen-bond acceptors (Lipinski definition) is 6. The van der Waals surface area contributed by atoms with E-state index in [1.807, 2.05) is 0 Å². The number of hydrogen-bond donors (Lipinski definition) is 4. The Morgan fingerprint density at radius 1 is 1.26 bits per heavy atom. The first kappa shape index (κ1) is 20.8. The van der Waals surface area contributed by atoms with Crippen molar-refractivity contribution in [3.8, 4) is 0 Å². The van der Waals surface area contributed by atoms with Gasteiger partial charge in [0, 0.05) is 24.7 Å². The summed E-state index contributed by atoms with van der Waals surface area (Å²) in [6, 6.07) is 2.49. The largest absolute Gasteiger partial charge is 0.481 e. The highest BCUT2D eigenvalue weighted by Gasteiger charge is 2.26. The quantitative estimate of drug-likeness (QED) is 0.309. The number of nitrogens with one attached hydrogen (secondary N) is 3. The molecule has 3 rings (SSSR count). The van der Waals surface area contributed by atoms with Gasteiger partial charge in [-0.25, -0.2) is 0 Å². The average molecular weight is 443 g/mol. The summed E-state index contributed by atoms with van der Waals surface area (Å²) in [6.07, 6.45) is 2.72. The average Bonchev–Trinajstić information content (AvgIpc) is 2.60. The SMILES string of the molecule is Br.O=C(O)[C@@H]1CCC[C@H](NCc2cc([N+](=O)[O-])cc3[nH]c(=O)c(=O)[nH]c23)C1. The van der Waals surface area contributed by atoms with Crippen LogP contribution in [0.3, 0.4) is 0 Å². The van der Waals surface area contributed by atoms with Gasteiger partial charge in [0.1, 0.15) is 0 Å². The molecule has 10 nitrogen and oxygen atoms in total. The number of aromatic nitrogens is 2. The molecule has 1 aliphatic rings. The first-order valence-electron chi connectivity index (χ1n) is 8.25. The molecule has 0 saturated heterocycles. The monoisotopic (exact) mass is 442 g/mol. The molecular weight excluding hydrogens is 424 g/mol. The highest BCUT2D eigenvalue weighted by atomic mass is 79.9. The Balaban J connectivity index is 0.00000261. The zero-order valence-electron chi connectivity index (χ0n) is 14.2. The van der Waals surface area contributed by atoms with E-state index in [9.17, 15) is 24.5 Å². The van der Waals surface area contributed by atoms with Crippen LogP contribution in [0.5, 0.6) is 0 Å². The number of benzene rings is 1. The molecule has 2 atom stereocenters. The van der Waals surface area contributed by atoms with Crippen molar-refractivity contribution in [2.75, 3.05) is 0 Å². The fourth-order valence-corrected chi connectivity index (χ4v) is 3.38. The van der Waals surface area contributed by atoms with E-state index in [0.29, 0.717) is 23.9 Å². The molecule has 2 aromatic rings. The summed E-state index contributed by atoms with van der Waals surface area (Å²) in [5, 5.41) is 23.5. The minimum Gasteiger partial charge on any atom is -0.481 e. The van der Waals surface area contributed by atoms with Crippen molar-refractivity contribution in [3.05, 3.63) is 48.5 Å². The fourth-order valence-electron chi connectivity index (χ4n) is 3.38. The van der Waals surface area contributed by atoms with Crippen molar-refractivity contribution in [1.82, 2.24) is 15.3 Å². The number of carbonyl (C=O) groups is 1. The summed E-state index contributed by atoms with van der Waals surface area (Å²) in [5.74, 6) is -1.22. The molecule has 4 N–H and O–H groups in total. The van der Waals surface area contributed by atoms with Gasteiger partial charge in [-0.3, -0.25) is 24.5 Å². The molecule has 0 radical (unpaired) electrons. The third kappa shape index (κ3) is 4.61. The Kier molecular flexibility index (Phi) is 6.50. The van der Waals surface area contributed by atoms with Crippen LogP contribution in [0.25, 0.3) is 11.0 Å². The van der Waals surface area contributed by atoms with Crippen LogP contribution in [0.4, 0.5) is 5.69 Å². The Bertz CT molecular complexity index is 985. The van der Waals surface area contributed by atoms with Crippen molar-refractivity contribution in [3.63, 3.8) is 0 Å². The van der Waals surface area contributed by atoms with E-state index in [0.717, 1.165) is 12.8 Å². The minimum absolute atomic E-state index is 0. The van der Waals surface area contributed by atoms with Crippen LogP contribution in [-0.2, 0) is 11.3 Å². The van der Waals surface area contributed by atoms with Gasteiger partial charge in [-0.15, -0.1) is 17.0 Å². The normalized spacial score (nSPS) is 19.4. The van der Waals surface area contributed by atoms with Gasteiger partial charge in [0.05, 0.1) is 21.9 Å². The van der Waals surface area contributed by atoms with E-state index in [1.165, 1.54) is 12.1 Å². The van der Waals surface area contributed by atoms with Crippen LogP contribution >= 0.6 is 17.0 Å². The van der Waals surface area contributed by atoms with Crippen LogP contribution in [-0.4, -0.2) is 32.0 Å². The smallest absolute Gasteiger partial charge is 0.314 e. The van der Waals surface area contributed by atoms with Gasteiger partial charge >= 0.3 is 17.1 Å². The van der Waals surface area contributed by atoms with E-state index >= 15 is 0 Å².